The highest BCUT2D eigenvalue weighted by atomic mass is 32.1. The molecule has 0 aliphatic carbocycles. The molecule has 0 spiro atoms. The summed E-state index contributed by atoms with van der Waals surface area (Å²) in [6, 6.07) is 10.3. The van der Waals surface area contributed by atoms with Gasteiger partial charge in [0.2, 0.25) is 5.91 Å². The summed E-state index contributed by atoms with van der Waals surface area (Å²) in [4.78, 5) is 22.3. The second-order valence-electron chi connectivity index (χ2n) is 8.86. The predicted molar refractivity (Wildman–Crippen MR) is 124 cm³/mol. The first kappa shape index (κ1) is 23.2. The number of halogens is 1. The first-order valence-corrected chi connectivity index (χ1v) is 12.0. The molecular weight excluding hydrogens is 429 g/mol. The van der Waals surface area contributed by atoms with E-state index in [1.165, 1.54) is 21.9 Å². The van der Waals surface area contributed by atoms with Crippen LogP contribution in [0.4, 0.5) is 4.39 Å². The number of ether oxygens (including phenoxy) is 2. The fourth-order valence-electron chi connectivity index (χ4n) is 4.28. The Morgan fingerprint density at radius 2 is 1.88 bits per heavy atom. The number of amides is 1. The lowest BCUT2D eigenvalue weighted by Gasteiger charge is -2.43. The average Bonchev–Trinajstić information content (AvgIpc) is 3.18. The molecule has 2 aromatic rings. The molecule has 3 heterocycles. The summed E-state index contributed by atoms with van der Waals surface area (Å²) in [6.07, 6.45) is 0.276. The third-order valence-corrected chi connectivity index (χ3v) is 7.13. The van der Waals surface area contributed by atoms with Crippen molar-refractivity contribution in [3.05, 3.63) is 52.0 Å². The van der Waals surface area contributed by atoms with Gasteiger partial charge < -0.3 is 19.3 Å². The molecule has 0 unspecified atom stereocenters. The van der Waals surface area contributed by atoms with E-state index >= 15 is 0 Å². The van der Waals surface area contributed by atoms with E-state index in [0.717, 1.165) is 39.3 Å². The topological polar surface area (TPSA) is 45.3 Å². The Labute approximate surface area is 193 Å². The first-order valence-electron chi connectivity index (χ1n) is 11.2. The molecule has 1 atom stereocenters. The summed E-state index contributed by atoms with van der Waals surface area (Å²) in [7, 11) is 2.08. The van der Waals surface area contributed by atoms with Gasteiger partial charge in [0.1, 0.15) is 23.8 Å². The van der Waals surface area contributed by atoms with Gasteiger partial charge >= 0.3 is 0 Å². The van der Waals surface area contributed by atoms with Gasteiger partial charge in [-0.2, -0.15) is 0 Å². The van der Waals surface area contributed by atoms with E-state index < -0.39 is 5.60 Å². The molecule has 0 N–H and O–H groups in total. The van der Waals surface area contributed by atoms with Gasteiger partial charge in [-0.15, -0.1) is 11.3 Å². The van der Waals surface area contributed by atoms with Crippen molar-refractivity contribution in [1.29, 1.82) is 0 Å². The van der Waals surface area contributed by atoms with Crippen LogP contribution in [0, 0.1) is 12.7 Å². The normalized spacial score (nSPS) is 22.8. The number of likely N-dealkylation sites (N-methyl/N-ethyl adjacent to an activating group) is 1. The lowest BCUT2D eigenvalue weighted by atomic mass is 9.96. The molecule has 1 aromatic carbocycles. The standard InChI is InChI=1S/C24H32FN3O3S/c1-19-3-8-22(32-19)16-27-13-14-31-24(17-27,18-30-21-6-4-20(25)5-7-21)15-23(29)28-11-9-26(2)10-12-28/h3-8H,9-18H2,1-2H3/t24-/m0/s1. The maximum atomic E-state index is 13.3. The van der Waals surface area contributed by atoms with Gasteiger partial charge in [-0.05, 0) is 50.4 Å². The highest BCUT2D eigenvalue weighted by Gasteiger charge is 2.41. The lowest BCUT2D eigenvalue weighted by Crippen LogP contribution is -2.58. The van der Waals surface area contributed by atoms with Crippen molar-refractivity contribution in [2.24, 2.45) is 0 Å². The van der Waals surface area contributed by atoms with Crippen LogP contribution in [0.25, 0.3) is 0 Å². The van der Waals surface area contributed by atoms with E-state index in [0.29, 0.717) is 18.9 Å². The second kappa shape index (κ2) is 10.3. The second-order valence-corrected chi connectivity index (χ2v) is 10.2. The summed E-state index contributed by atoms with van der Waals surface area (Å²) >= 11 is 1.80. The van der Waals surface area contributed by atoms with Gasteiger partial charge in [0.05, 0.1) is 13.0 Å². The van der Waals surface area contributed by atoms with E-state index in [-0.39, 0.29) is 24.8 Å². The molecule has 0 bridgehead atoms. The van der Waals surface area contributed by atoms with Gasteiger partial charge in [-0.3, -0.25) is 9.69 Å². The molecule has 32 heavy (non-hydrogen) atoms. The van der Waals surface area contributed by atoms with Crippen LogP contribution in [0.1, 0.15) is 16.2 Å². The molecule has 1 amide bonds. The fraction of sp³-hybridized carbons (Fsp3) is 0.542. The van der Waals surface area contributed by atoms with Crippen LogP contribution in [0.5, 0.6) is 5.75 Å². The van der Waals surface area contributed by atoms with Gasteiger partial charge in [0, 0.05) is 55.6 Å². The van der Waals surface area contributed by atoms with Gasteiger partial charge in [0.15, 0.2) is 0 Å². The number of benzene rings is 1. The molecule has 174 valence electrons. The zero-order valence-electron chi connectivity index (χ0n) is 18.9. The number of thiophene rings is 1. The third-order valence-electron chi connectivity index (χ3n) is 6.15. The predicted octanol–water partition coefficient (Wildman–Crippen LogP) is 3.01. The van der Waals surface area contributed by atoms with Gasteiger partial charge in [-0.25, -0.2) is 4.39 Å². The van der Waals surface area contributed by atoms with Crippen molar-refractivity contribution in [3.63, 3.8) is 0 Å². The molecule has 1 aromatic heterocycles. The Kier molecular flexibility index (Phi) is 7.45. The third kappa shape index (κ3) is 6.07. The molecule has 2 aliphatic rings. The van der Waals surface area contributed by atoms with E-state index in [4.69, 9.17) is 9.47 Å². The van der Waals surface area contributed by atoms with E-state index in [9.17, 15) is 9.18 Å². The first-order chi connectivity index (χ1) is 15.4. The van der Waals surface area contributed by atoms with E-state index in [1.54, 1.807) is 23.5 Å². The van der Waals surface area contributed by atoms with Crippen LogP contribution in [0.2, 0.25) is 0 Å². The number of piperazine rings is 1. The largest absolute Gasteiger partial charge is 0.491 e. The number of carbonyl (C=O) groups is 1. The maximum Gasteiger partial charge on any atom is 0.225 e. The van der Waals surface area contributed by atoms with Crippen LogP contribution >= 0.6 is 11.3 Å². The zero-order valence-corrected chi connectivity index (χ0v) is 19.7. The van der Waals surface area contributed by atoms with E-state index in [2.05, 4.69) is 35.9 Å². The number of aryl methyl sites for hydroxylation is 1. The van der Waals surface area contributed by atoms with Crippen molar-refractivity contribution in [1.82, 2.24) is 14.7 Å². The van der Waals surface area contributed by atoms with Crippen LogP contribution in [0.3, 0.4) is 0 Å². The zero-order chi connectivity index (χ0) is 22.6. The Bertz CT molecular complexity index is 898. The van der Waals surface area contributed by atoms with Crippen molar-refractivity contribution in [3.8, 4) is 5.75 Å². The smallest absolute Gasteiger partial charge is 0.225 e. The number of hydrogen-bond acceptors (Lipinski definition) is 6. The van der Waals surface area contributed by atoms with Crippen LogP contribution in [0.15, 0.2) is 36.4 Å². The molecule has 4 rings (SSSR count). The Hall–Kier alpha value is -2.00. The summed E-state index contributed by atoms with van der Waals surface area (Å²) < 4.78 is 25.6. The minimum Gasteiger partial charge on any atom is -0.491 e. The van der Waals surface area contributed by atoms with Crippen LogP contribution < -0.4 is 4.74 Å². The average molecular weight is 462 g/mol. The molecule has 6 nitrogen and oxygen atoms in total. The summed E-state index contributed by atoms with van der Waals surface area (Å²) in [6.45, 7) is 8.43. The minimum atomic E-state index is -0.737. The highest BCUT2D eigenvalue weighted by Crippen LogP contribution is 2.28. The lowest BCUT2D eigenvalue weighted by molar-refractivity contribution is -0.157. The summed E-state index contributed by atoms with van der Waals surface area (Å²) in [5, 5.41) is 0. The summed E-state index contributed by atoms with van der Waals surface area (Å²) in [5.41, 5.74) is -0.737. The number of nitrogens with zero attached hydrogens (tertiary/aromatic N) is 3. The maximum absolute atomic E-state index is 13.3. The molecular formula is C24H32FN3O3S. The number of carbonyl (C=O) groups excluding carboxylic acids is 1. The molecule has 2 fully saturated rings. The number of rotatable bonds is 7. The Balaban J connectivity index is 1.47. The van der Waals surface area contributed by atoms with E-state index in [1.807, 2.05) is 4.90 Å². The van der Waals surface area contributed by atoms with Crippen molar-refractivity contribution in [2.75, 3.05) is 59.5 Å². The fourth-order valence-corrected chi connectivity index (χ4v) is 5.22. The molecule has 8 heteroatoms. The van der Waals surface area contributed by atoms with Crippen LogP contribution in [-0.4, -0.2) is 85.7 Å². The molecule has 0 radical (unpaired) electrons. The van der Waals surface area contributed by atoms with Crippen molar-refractivity contribution < 1.29 is 18.7 Å². The monoisotopic (exact) mass is 461 g/mol. The van der Waals surface area contributed by atoms with Crippen LogP contribution in [-0.2, 0) is 16.1 Å². The number of morpholine rings is 1. The Morgan fingerprint density at radius 3 is 2.56 bits per heavy atom. The number of hydrogen-bond donors (Lipinski definition) is 0. The minimum absolute atomic E-state index is 0.106. The van der Waals surface area contributed by atoms with Crippen molar-refractivity contribution >= 4 is 17.2 Å². The Morgan fingerprint density at radius 1 is 1.12 bits per heavy atom. The van der Waals surface area contributed by atoms with Gasteiger partial charge in [0.25, 0.3) is 0 Å². The molecule has 2 saturated heterocycles. The van der Waals surface area contributed by atoms with Crippen molar-refractivity contribution in [2.45, 2.75) is 25.5 Å². The molecule has 2 aliphatic heterocycles. The molecule has 0 saturated carbocycles. The quantitative estimate of drug-likeness (QED) is 0.634. The highest BCUT2D eigenvalue weighted by molar-refractivity contribution is 7.11. The SMILES string of the molecule is Cc1ccc(CN2CCO[C@@](COc3ccc(F)cc3)(CC(=O)N3CCN(C)CC3)C2)s1. The van der Waals surface area contributed by atoms with Gasteiger partial charge in [-0.1, -0.05) is 0 Å². The summed E-state index contributed by atoms with van der Waals surface area (Å²) in [5.74, 6) is 0.380.